The lowest BCUT2D eigenvalue weighted by Crippen LogP contribution is -2.38. The molecule has 0 bridgehead atoms. The van der Waals surface area contributed by atoms with Crippen LogP contribution in [0.15, 0.2) is 54.9 Å². The minimum atomic E-state index is 0.690. The number of nitrogens with two attached hydrogens (primary N) is 1. The first-order chi connectivity index (χ1) is 12.8. The highest BCUT2D eigenvalue weighted by molar-refractivity contribution is 5.90. The zero-order valence-corrected chi connectivity index (χ0v) is 14.7. The number of rotatable bonds is 5. The lowest BCUT2D eigenvalue weighted by molar-refractivity contribution is 0.0322. The Balaban J connectivity index is 1.46. The van der Waals surface area contributed by atoms with Crippen molar-refractivity contribution in [1.82, 2.24) is 9.88 Å². The van der Waals surface area contributed by atoms with Crippen LogP contribution in [-0.2, 0) is 4.74 Å². The number of benzene rings is 2. The number of hydrogen-bond donors (Lipinski definition) is 1. The lowest BCUT2D eigenvalue weighted by atomic mass is 10.0. The number of anilines is 1. The average molecular weight is 349 g/mol. The Bertz CT molecular complexity index is 891. The van der Waals surface area contributed by atoms with Gasteiger partial charge in [-0.1, -0.05) is 18.2 Å². The molecule has 0 radical (unpaired) electrons. The second-order valence-corrected chi connectivity index (χ2v) is 6.49. The van der Waals surface area contributed by atoms with Crippen molar-refractivity contribution in [2.24, 2.45) is 0 Å². The molecule has 0 atom stereocenters. The second-order valence-electron chi connectivity index (χ2n) is 6.49. The van der Waals surface area contributed by atoms with Gasteiger partial charge in [0, 0.05) is 43.3 Å². The molecule has 1 fully saturated rings. The largest absolute Gasteiger partial charge is 0.492 e. The topological polar surface area (TPSA) is 60.6 Å². The molecule has 2 N–H and O–H groups in total. The first-order valence-electron chi connectivity index (χ1n) is 8.96. The van der Waals surface area contributed by atoms with Gasteiger partial charge in [0.1, 0.15) is 12.4 Å². The van der Waals surface area contributed by atoms with Gasteiger partial charge >= 0.3 is 0 Å². The molecule has 5 heteroatoms. The van der Waals surface area contributed by atoms with E-state index in [0.717, 1.165) is 66.2 Å². The van der Waals surface area contributed by atoms with Crippen LogP contribution in [0.4, 0.5) is 5.69 Å². The van der Waals surface area contributed by atoms with E-state index in [1.807, 2.05) is 12.1 Å². The first-order valence-corrected chi connectivity index (χ1v) is 8.96. The van der Waals surface area contributed by atoms with E-state index in [2.05, 4.69) is 40.2 Å². The summed E-state index contributed by atoms with van der Waals surface area (Å²) in [5, 5.41) is 2.31. The molecule has 0 saturated carbocycles. The maximum Gasteiger partial charge on any atom is 0.120 e. The van der Waals surface area contributed by atoms with Crippen molar-refractivity contribution in [3.8, 4) is 16.9 Å². The molecule has 1 aromatic heterocycles. The third kappa shape index (κ3) is 3.79. The number of pyridine rings is 1. The summed E-state index contributed by atoms with van der Waals surface area (Å²) >= 11 is 0. The summed E-state index contributed by atoms with van der Waals surface area (Å²) in [6.45, 7) is 5.23. The molecular formula is C21H23N3O2. The van der Waals surface area contributed by atoms with E-state index in [1.165, 1.54) is 0 Å². The third-order valence-electron chi connectivity index (χ3n) is 4.76. The van der Waals surface area contributed by atoms with Crippen LogP contribution in [0.3, 0.4) is 0 Å². The van der Waals surface area contributed by atoms with Crippen LogP contribution in [0.5, 0.6) is 5.75 Å². The molecule has 2 aromatic carbocycles. The van der Waals surface area contributed by atoms with Gasteiger partial charge in [-0.25, -0.2) is 0 Å². The average Bonchev–Trinajstić information content (AvgIpc) is 2.69. The van der Waals surface area contributed by atoms with E-state index < -0.39 is 0 Å². The Labute approximate surface area is 153 Å². The standard InChI is InChI=1S/C21H23N3O2/c22-21-5-6-23-15-20(21)18-2-1-17-14-19(4-3-16(17)13-18)26-12-9-24-7-10-25-11-8-24/h1-6,13-15H,7-12H2,(H2,22,23). The van der Waals surface area contributed by atoms with Crippen molar-refractivity contribution in [3.63, 3.8) is 0 Å². The number of nitrogen functional groups attached to an aromatic ring is 1. The summed E-state index contributed by atoms with van der Waals surface area (Å²) in [7, 11) is 0. The molecule has 0 unspecified atom stereocenters. The maximum atomic E-state index is 6.07. The molecule has 0 spiro atoms. The molecule has 4 rings (SSSR count). The predicted molar refractivity (Wildman–Crippen MR) is 104 cm³/mol. The molecule has 134 valence electrons. The number of nitrogens with zero attached hydrogens (tertiary/aromatic N) is 2. The van der Waals surface area contributed by atoms with Crippen LogP contribution >= 0.6 is 0 Å². The summed E-state index contributed by atoms with van der Waals surface area (Å²) in [4.78, 5) is 6.55. The van der Waals surface area contributed by atoms with Crippen molar-refractivity contribution in [2.75, 3.05) is 45.2 Å². The van der Waals surface area contributed by atoms with E-state index >= 15 is 0 Å². The van der Waals surface area contributed by atoms with Crippen LogP contribution in [0, 0.1) is 0 Å². The molecule has 1 aliphatic rings. The molecule has 0 amide bonds. The van der Waals surface area contributed by atoms with Crippen molar-refractivity contribution in [3.05, 3.63) is 54.9 Å². The number of aromatic nitrogens is 1. The van der Waals surface area contributed by atoms with E-state index in [4.69, 9.17) is 15.2 Å². The van der Waals surface area contributed by atoms with Gasteiger partial charge in [0.2, 0.25) is 0 Å². The Morgan fingerprint density at radius 2 is 1.85 bits per heavy atom. The van der Waals surface area contributed by atoms with Crippen LogP contribution in [0.25, 0.3) is 21.9 Å². The van der Waals surface area contributed by atoms with Crippen LogP contribution in [0.1, 0.15) is 0 Å². The number of fused-ring (bicyclic) bond motifs is 1. The van der Waals surface area contributed by atoms with Gasteiger partial charge in [0.15, 0.2) is 0 Å². The maximum absolute atomic E-state index is 6.07. The van der Waals surface area contributed by atoms with Gasteiger partial charge < -0.3 is 15.2 Å². The number of hydrogen-bond acceptors (Lipinski definition) is 5. The summed E-state index contributed by atoms with van der Waals surface area (Å²) in [6, 6.07) is 14.4. The fourth-order valence-corrected chi connectivity index (χ4v) is 3.24. The smallest absolute Gasteiger partial charge is 0.120 e. The van der Waals surface area contributed by atoms with Crippen molar-refractivity contribution in [2.45, 2.75) is 0 Å². The second kappa shape index (κ2) is 7.72. The molecule has 3 aromatic rings. The number of ether oxygens (including phenoxy) is 2. The zero-order valence-electron chi connectivity index (χ0n) is 14.7. The van der Waals surface area contributed by atoms with Gasteiger partial charge in [-0.2, -0.15) is 0 Å². The minimum Gasteiger partial charge on any atom is -0.492 e. The van der Waals surface area contributed by atoms with Crippen molar-refractivity contribution >= 4 is 16.5 Å². The van der Waals surface area contributed by atoms with E-state index in [0.29, 0.717) is 6.61 Å². The molecular weight excluding hydrogens is 326 g/mol. The fraction of sp³-hybridized carbons (Fsp3) is 0.286. The number of morpholine rings is 1. The highest BCUT2D eigenvalue weighted by Gasteiger charge is 2.10. The van der Waals surface area contributed by atoms with Gasteiger partial charge in [0.25, 0.3) is 0 Å². The van der Waals surface area contributed by atoms with Crippen molar-refractivity contribution < 1.29 is 9.47 Å². The molecule has 2 heterocycles. The molecule has 1 saturated heterocycles. The summed E-state index contributed by atoms with van der Waals surface area (Å²) in [5.74, 6) is 0.902. The van der Waals surface area contributed by atoms with Crippen molar-refractivity contribution in [1.29, 1.82) is 0 Å². The summed E-state index contributed by atoms with van der Waals surface area (Å²) in [5.41, 5.74) is 8.84. The van der Waals surface area contributed by atoms with Crippen LogP contribution < -0.4 is 10.5 Å². The molecule has 26 heavy (non-hydrogen) atoms. The Morgan fingerprint density at radius 1 is 1.04 bits per heavy atom. The highest BCUT2D eigenvalue weighted by atomic mass is 16.5. The molecule has 1 aliphatic heterocycles. The highest BCUT2D eigenvalue weighted by Crippen LogP contribution is 2.29. The normalized spacial score (nSPS) is 15.2. The zero-order chi connectivity index (χ0) is 17.8. The van der Waals surface area contributed by atoms with Crippen LogP contribution in [0.2, 0.25) is 0 Å². The van der Waals surface area contributed by atoms with E-state index in [1.54, 1.807) is 12.4 Å². The summed E-state index contributed by atoms with van der Waals surface area (Å²) in [6.07, 6.45) is 3.51. The Kier molecular flexibility index (Phi) is 5.00. The first kappa shape index (κ1) is 16.8. The lowest BCUT2D eigenvalue weighted by Gasteiger charge is -2.26. The van der Waals surface area contributed by atoms with Gasteiger partial charge in [-0.3, -0.25) is 9.88 Å². The fourth-order valence-electron chi connectivity index (χ4n) is 3.24. The monoisotopic (exact) mass is 349 g/mol. The van der Waals surface area contributed by atoms with E-state index in [9.17, 15) is 0 Å². The molecule has 0 aliphatic carbocycles. The van der Waals surface area contributed by atoms with Crippen LogP contribution in [-0.4, -0.2) is 49.3 Å². The SMILES string of the molecule is Nc1ccncc1-c1ccc2cc(OCCN3CCOCC3)ccc2c1. The van der Waals surface area contributed by atoms with Gasteiger partial charge in [-0.15, -0.1) is 0 Å². The third-order valence-corrected chi connectivity index (χ3v) is 4.76. The van der Waals surface area contributed by atoms with Gasteiger partial charge in [-0.05, 0) is 40.6 Å². The quantitative estimate of drug-likeness (QED) is 0.766. The van der Waals surface area contributed by atoms with Gasteiger partial charge in [0.05, 0.1) is 13.2 Å². The minimum absolute atomic E-state index is 0.690. The molecule has 5 nitrogen and oxygen atoms in total. The predicted octanol–water partition coefficient (Wildman–Crippen LogP) is 3.20. The Hall–Kier alpha value is -2.63. The Morgan fingerprint density at radius 3 is 2.69 bits per heavy atom. The van der Waals surface area contributed by atoms with E-state index in [-0.39, 0.29) is 0 Å². The summed E-state index contributed by atoms with van der Waals surface area (Å²) < 4.78 is 11.3.